The van der Waals surface area contributed by atoms with Crippen LogP contribution in [0.3, 0.4) is 0 Å². The first-order chi connectivity index (χ1) is 4.70. The molecule has 0 aliphatic rings. The van der Waals surface area contributed by atoms with E-state index in [2.05, 4.69) is 56.1 Å². The molecule has 0 heterocycles. The predicted octanol–water partition coefficient (Wildman–Crippen LogP) is 1.47. The van der Waals surface area contributed by atoms with Gasteiger partial charge in [0.2, 0.25) is 0 Å². The molecule has 1 aromatic carbocycles. The molecular weight excluding hydrogens is 272 g/mol. The first-order valence-corrected chi connectivity index (χ1v) is 5.88. The Kier molecular flexibility index (Phi) is 3.14. The van der Waals surface area contributed by atoms with Crippen LogP contribution in [0.15, 0.2) is 24.3 Å². The lowest BCUT2D eigenvalue weighted by Gasteiger charge is -2.00. The van der Waals surface area contributed by atoms with Gasteiger partial charge in [-0.25, -0.2) is 0 Å². The monoisotopic (exact) mass is 278 g/mol. The molecule has 0 bridgehead atoms. The van der Waals surface area contributed by atoms with Gasteiger partial charge in [-0.1, -0.05) is 61.3 Å². The third kappa shape index (κ3) is 2.22. The van der Waals surface area contributed by atoms with Gasteiger partial charge in [-0.15, -0.1) is 0 Å². The molecule has 0 spiro atoms. The molecule has 54 valence electrons. The van der Waals surface area contributed by atoms with Gasteiger partial charge in [0.15, 0.2) is 0 Å². The molecule has 0 saturated carbocycles. The molecule has 0 unspecified atom stereocenters. The summed E-state index contributed by atoms with van der Waals surface area (Å²) in [5.74, 6) is 0. The van der Waals surface area contributed by atoms with Gasteiger partial charge in [0.25, 0.3) is 0 Å². The molecule has 0 aliphatic heterocycles. The quantitative estimate of drug-likeness (QED) is 0.540. The van der Waals surface area contributed by atoms with E-state index in [0.717, 1.165) is 10.2 Å². The number of hydrogen-bond acceptors (Lipinski definition) is 0. The molecule has 0 nitrogen and oxygen atoms in total. The normalized spacial score (nSPS) is 10.7. The van der Waals surface area contributed by atoms with E-state index < -0.39 is 0 Å². The van der Waals surface area contributed by atoms with Crippen LogP contribution in [0.2, 0.25) is 0 Å². The third-order valence-electron chi connectivity index (χ3n) is 1.33. The summed E-state index contributed by atoms with van der Waals surface area (Å²) in [7, 11) is 1.14. The minimum absolute atomic E-state index is 0.294. The molecule has 0 fully saturated rings. The van der Waals surface area contributed by atoms with Gasteiger partial charge in [0, 0.05) is 10.2 Å². The zero-order chi connectivity index (χ0) is 7.56. The topological polar surface area (TPSA) is 0 Å². The highest BCUT2D eigenvalue weighted by molar-refractivity contribution is 9.24. The summed E-state index contributed by atoms with van der Waals surface area (Å²) in [6, 6.07) is 8.60. The van der Waals surface area contributed by atoms with Crippen LogP contribution in [0.5, 0.6) is 0 Å². The van der Waals surface area contributed by atoms with E-state index in [0.29, 0.717) is 3.74 Å². The van der Waals surface area contributed by atoms with Crippen molar-refractivity contribution in [3.8, 4) is 0 Å². The largest absolute Gasteiger partial charge is 0.0946 e. The lowest BCUT2D eigenvalue weighted by Crippen LogP contribution is -1.99. The van der Waals surface area contributed by atoms with Gasteiger partial charge in [-0.3, -0.25) is 0 Å². The standard InChI is InChI=1S/C7H8Br2Si/c8-7(9)5-1-3-6(10)4-2-5/h1-4,7H,10H3. The molecule has 0 aromatic heterocycles. The minimum Gasteiger partial charge on any atom is -0.0712 e. The molecule has 10 heavy (non-hydrogen) atoms. The van der Waals surface area contributed by atoms with Crippen LogP contribution in [-0.2, 0) is 0 Å². The summed E-state index contributed by atoms with van der Waals surface area (Å²) in [6.45, 7) is 0. The van der Waals surface area contributed by atoms with Crippen molar-refractivity contribution in [2.75, 3.05) is 0 Å². The summed E-state index contributed by atoms with van der Waals surface area (Å²) >= 11 is 6.87. The Labute approximate surface area is 80.7 Å². The summed E-state index contributed by atoms with van der Waals surface area (Å²) in [6.07, 6.45) is 0. The van der Waals surface area contributed by atoms with E-state index in [1.807, 2.05) is 0 Å². The van der Waals surface area contributed by atoms with Crippen molar-refractivity contribution < 1.29 is 0 Å². The third-order valence-corrected chi connectivity index (χ3v) is 3.05. The lowest BCUT2D eigenvalue weighted by molar-refractivity contribution is 1.44. The Morgan fingerprint density at radius 3 is 2.00 bits per heavy atom. The maximum absolute atomic E-state index is 3.44. The van der Waals surface area contributed by atoms with E-state index in [-0.39, 0.29) is 0 Å². The minimum atomic E-state index is 0.294. The summed E-state index contributed by atoms with van der Waals surface area (Å²) < 4.78 is 0.294. The smallest absolute Gasteiger partial charge is 0.0712 e. The number of alkyl halides is 2. The van der Waals surface area contributed by atoms with Crippen molar-refractivity contribution in [2.24, 2.45) is 0 Å². The number of rotatable bonds is 1. The highest BCUT2D eigenvalue weighted by atomic mass is 79.9. The molecule has 0 saturated heterocycles. The average Bonchev–Trinajstić information content (AvgIpc) is 1.88. The first kappa shape index (κ1) is 8.49. The van der Waals surface area contributed by atoms with E-state index >= 15 is 0 Å². The van der Waals surface area contributed by atoms with Crippen molar-refractivity contribution in [3.63, 3.8) is 0 Å². The molecule has 1 rings (SSSR count). The van der Waals surface area contributed by atoms with Crippen LogP contribution in [0, 0.1) is 0 Å². The van der Waals surface area contributed by atoms with Gasteiger partial charge < -0.3 is 0 Å². The second-order valence-electron chi connectivity index (χ2n) is 2.21. The molecule has 1 aromatic rings. The molecule has 0 aliphatic carbocycles. The van der Waals surface area contributed by atoms with Crippen molar-refractivity contribution >= 4 is 47.3 Å². The lowest BCUT2D eigenvalue weighted by atomic mass is 10.2. The zero-order valence-electron chi connectivity index (χ0n) is 5.64. The van der Waals surface area contributed by atoms with Gasteiger partial charge in [0.05, 0.1) is 3.74 Å². The average molecular weight is 280 g/mol. The van der Waals surface area contributed by atoms with Crippen molar-refractivity contribution in [1.29, 1.82) is 0 Å². The van der Waals surface area contributed by atoms with Crippen molar-refractivity contribution in [2.45, 2.75) is 3.74 Å². The fraction of sp³-hybridized carbons (Fsp3) is 0.143. The van der Waals surface area contributed by atoms with E-state index in [4.69, 9.17) is 0 Å². The van der Waals surface area contributed by atoms with Crippen LogP contribution >= 0.6 is 31.9 Å². The van der Waals surface area contributed by atoms with Crippen LogP contribution in [0.1, 0.15) is 9.30 Å². The van der Waals surface area contributed by atoms with Crippen molar-refractivity contribution in [3.05, 3.63) is 29.8 Å². The Hall–Kier alpha value is 0.397. The van der Waals surface area contributed by atoms with Crippen molar-refractivity contribution in [1.82, 2.24) is 0 Å². The van der Waals surface area contributed by atoms with Crippen LogP contribution in [0.4, 0.5) is 0 Å². The SMILES string of the molecule is [SiH3]c1ccc(C(Br)Br)cc1. The second-order valence-corrected chi connectivity index (χ2v) is 6.43. The maximum atomic E-state index is 3.44. The van der Waals surface area contributed by atoms with Gasteiger partial charge in [-0.2, -0.15) is 0 Å². The number of benzene rings is 1. The fourth-order valence-electron chi connectivity index (χ4n) is 0.712. The number of halogens is 2. The molecule has 0 atom stereocenters. The highest BCUT2D eigenvalue weighted by Crippen LogP contribution is 2.27. The van der Waals surface area contributed by atoms with Crippen LogP contribution in [-0.4, -0.2) is 10.2 Å². The van der Waals surface area contributed by atoms with Crippen LogP contribution < -0.4 is 5.19 Å². The molecule has 0 N–H and O–H groups in total. The van der Waals surface area contributed by atoms with Gasteiger partial charge in [-0.05, 0) is 5.56 Å². The second kappa shape index (κ2) is 3.69. The highest BCUT2D eigenvalue weighted by Gasteiger charge is 1.99. The Balaban J connectivity index is 2.89. The molecule has 0 radical (unpaired) electrons. The van der Waals surface area contributed by atoms with Gasteiger partial charge >= 0.3 is 0 Å². The Bertz CT molecular complexity index is 205. The zero-order valence-corrected chi connectivity index (χ0v) is 10.8. The van der Waals surface area contributed by atoms with E-state index in [9.17, 15) is 0 Å². The summed E-state index contributed by atoms with van der Waals surface area (Å²) in [5.41, 5.74) is 1.28. The van der Waals surface area contributed by atoms with E-state index in [1.54, 1.807) is 0 Å². The summed E-state index contributed by atoms with van der Waals surface area (Å²) in [4.78, 5) is 0. The summed E-state index contributed by atoms with van der Waals surface area (Å²) in [5, 5.41) is 1.43. The fourth-order valence-corrected chi connectivity index (χ4v) is 1.66. The maximum Gasteiger partial charge on any atom is 0.0946 e. The van der Waals surface area contributed by atoms with Crippen LogP contribution in [0.25, 0.3) is 0 Å². The number of hydrogen-bond donors (Lipinski definition) is 0. The van der Waals surface area contributed by atoms with Gasteiger partial charge in [0.1, 0.15) is 0 Å². The predicted molar refractivity (Wildman–Crippen MR) is 56.6 cm³/mol. The van der Waals surface area contributed by atoms with E-state index in [1.165, 1.54) is 10.8 Å². The molecular formula is C7H8Br2Si. The molecule has 3 heteroatoms. The molecule has 0 amide bonds. The first-order valence-electron chi connectivity index (χ1n) is 3.05. The Morgan fingerprint density at radius 1 is 1.10 bits per heavy atom. The Morgan fingerprint density at radius 2 is 1.60 bits per heavy atom.